The number of nitriles is 1. The van der Waals surface area contributed by atoms with Crippen molar-refractivity contribution >= 4 is 17.6 Å². The van der Waals surface area contributed by atoms with E-state index in [9.17, 15) is 4.79 Å². The number of H-pyrrole nitrogens is 1. The van der Waals surface area contributed by atoms with Gasteiger partial charge in [0, 0.05) is 38.4 Å². The van der Waals surface area contributed by atoms with Gasteiger partial charge in [-0.1, -0.05) is 26.0 Å². The van der Waals surface area contributed by atoms with Gasteiger partial charge in [-0.15, -0.1) is 0 Å². The van der Waals surface area contributed by atoms with Gasteiger partial charge in [0.1, 0.15) is 11.8 Å². The first kappa shape index (κ1) is 24.4. The van der Waals surface area contributed by atoms with Crippen LogP contribution in [0.1, 0.15) is 67.0 Å². The van der Waals surface area contributed by atoms with Crippen molar-refractivity contribution in [3.63, 3.8) is 0 Å². The van der Waals surface area contributed by atoms with Crippen LogP contribution in [0.3, 0.4) is 0 Å². The summed E-state index contributed by atoms with van der Waals surface area (Å²) in [6.45, 7) is 8.27. The van der Waals surface area contributed by atoms with Gasteiger partial charge in [-0.25, -0.2) is 4.98 Å². The van der Waals surface area contributed by atoms with Gasteiger partial charge in [0.2, 0.25) is 5.78 Å². The standard InChI is InChI=1S/C24H30N4O2.CO2/c1-17-5-9-28(10-6-17)21-14-19(24(2)7-11-30-12-8-24)4-3-18(21)13-22(29)23-26-16-20(15-25)27-23;2-1-3/h3-4,14,16-17H,5-13H2,1-2H3,(H,26,27);. The summed E-state index contributed by atoms with van der Waals surface area (Å²) in [5.41, 5.74) is 3.96. The molecule has 0 aliphatic carbocycles. The Morgan fingerprint density at radius 2 is 1.94 bits per heavy atom. The molecule has 2 aromatic rings. The Morgan fingerprint density at radius 3 is 2.55 bits per heavy atom. The molecule has 8 nitrogen and oxygen atoms in total. The lowest BCUT2D eigenvalue weighted by Crippen LogP contribution is -2.35. The number of rotatable bonds is 5. The van der Waals surface area contributed by atoms with Gasteiger partial charge in [-0.05, 0) is 54.2 Å². The van der Waals surface area contributed by atoms with Crippen molar-refractivity contribution in [2.75, 3.05) is 31.2 Å². The molecule has 0 amide bonds. The van der Waals surface area contributed by atoms with Gasteiger partial charge in [-0.2, -0.15) is 14.9 Å². The van der Waals surface area contributed by atoms with Crippen molar-refractivity contribution in [1.82, 2.24) is 9.97 Å². The first-order valence-corrected chi connectivity index (χ1v) is 11.3. The van der Waals surface area contributed by atoms with Crippen LogP contribution in [0.25, 0.3) is 0 Å². The lowest BCUT2D eigenvalue weighted by Gasteiger charge is -2.37. The smallest absolute Gasteiger partial charge is 0.373 e. The lowest BCUT2D eigenvalue weighted by atomic mass is 9.75. The molecule has 0 saturated carbocycles. The minimum Gasteiger partial charge on any atom is -0.381 e. The summed E-state index contributed by atoms with van der Waals surface area (Å²) in [5, 5.41) is 8.99. The Balaban J connectivity index is 0.000000968. The Kier molecular flexibility index (Phi) is 8.16. The molecule has 2 aliphatic rings. The Labute approximate surface area is 194 Å². The predicted molar refractivity (Wildman–Crippen MR) is 121 cm³/mol. The molecule has 33 heavy (non-hydrogen) atoms. The van der Waals surface area contributed by atoms with Crippen LogP contribution in [-0.2, 0) is 26.2 Å². The highest BCUT2D eigenvalue weighted by Gasteiger charge is 2.31. The maximum atomic E-state index is 12.8. The number of nitrogens with zero attached hydrogens (tertiary/aromatic N) is 3. The van der Waals surface area contributed by atoms with E-state index in [4.69, 9.17) is 19.6 Å². The molecule has 0 radical (unpaired) electrons. The van der Waals surface area contributed by atoms with Gasteiger partial charge >= 0.3 is 6.15 Å². The quantitative estimate of drug-likeness (QED) is 0.694. The molecule has 4 rings (SSSR count). The summed E-state index contributed by atoms with van der Waals surface area (Å²) in [5.74, 6) is 0.911. The number of carbonyl (C=O) groups is 1. The number of hydrogen-bond donors (Lipinski definition) is 1. The maximum Gasteiger partial charge on any atom is 0.373 e. The molecular weight excluding hydrogens is 420 g/mol. The summed E-state index contributed by atoms with van der Waals surface area (Å²) < 4.78 is 5.59. The largest absolute Gasteiger partial charge is 0.381 e. The van der Waals surface area contributed by atoms with Crippen LogP contribution in [0.4, 0.5) is 5.69 Å². The molecule has 8 heteroatoms. The Hall–Kier alpha value is -3.27. The number of ether oxygens (including phenoxy) is 1. The van der Waals surface area contributed by atoms with Crippen molar-refractivity contribution < 1.29 is 19.1 Å². The topological polar surface area (TPSA) is 116 Å². The minimum absolute atomic E-state index is 0.0897. The summed E-state index contributed by atoms with van der Waals surface area (Å²) in [7, 11) is 0. The first-order chi connectivity index (χ1) is 15.9. The number of piperidine rings is 1. The number of nitrogens with one attached hydrogen (secondary N) is 1. The molecule has 0 spiro atoms. The second kappa shape index (κ2) is 11.0. The molecule has 2 saturated heterocycles. The fourth-order valence-corrected chi connectivity index (χ4v) is 4.52. The van der Waals surface area contributed by atoms with Crippen molar-refractivity contribution in [2.24, 2.45) is 5.92 Å². The number of aromatic amines is 1. The van der Waals surface area contributed by atoms with Crippen molar-refractivity contribution in [1.29, 1.82) is 5.26 Å². The zero-order valence-electron chi connectivity index (χ0n) is 19.2. The molecule has 0 unspecified atom stereocenters. The average Bonchev–Trinajstić information content (AvgIpc) is 3.31. The normalized spacial score (nSPS) is 17.9. The van der Waals surface area contributed by atoms with Crippen molar-refractivity contribution in [3.05, 3.63) is 47.0 Å². The molecule has 1 aromatic carbocycles. The van der Waals surface area contributed by atoms with Crippen LogP contribution >= 0.6 is 0 Å². The summed E-state index contributed by atoms with van der Waals surface area (Å²) in [6.07, 6.45) is 6.32. The van der Waals surface area contributed by atoms with Gasteiger partial charge in [0.15, 0.2) is 5.82 Å². The minimum atomic E-state index is -0.0897. The zero-order valence-corrected chi connectivity index (χ0v) is 19.2. The molecule has 1 aromatic heterocycles. The molecule has 3 heterocycles. The highest BCUT2D eigenvalue weighted by molar-refractivity contribution is 5.95. The van der Waals surface area contributed by atoms with E-state index in [1.807, 2.05) is 6.07 Å². The maximum absolute atomic E-state index is 12.8. The number of Topliss-reactive ketones (excluding diaryl/α,β-unsaturated/α-hetero) is 1. The van der Waals surface area contributed by atoms with Crippen molar-refractivity contribution in [2.45, 2.75) is 51.4 Å². The molecule has 0 atom stereocenters. The van der Waals surface area contributed by atoms with E-state index in [2.05, 4.69) is 46.9 Å². The Bertz CT molecular complexity index is 1030. The van der Waals surface area contributed by atoms with Crippen LogP contribution in [0.2, 0.25) is 0 Å². The van der Waals surface area contributed by atoms with E-state index in [0.29, 0.717) is 5.69 Å². The van der Waals surface area contributed by atoms with Crippen LogP contribution in [0.5, 0.6) is 0 Å². The van der Waals surface area contributed by atoms with Crippen LogP contribution in [-0.4, -0.2) is 48.2 Å². The third-order valence-electron chi connectivity index (χ3n) is 6.81. The fourth-order valence-electron chi connectivity index (χ4n) is 4.52. The van der Waals surface area contributed by atoms with E-state index < -0.39 is 0 Å². The number of hydrogen-bond acceptors (Lipinski definition) is 7. The van der Waals surface area contributed by atoms with Crippen LogP contribution < -0.4 is 4.90 Å². The second-order valence-corrected chi connectivity index (χ2v) is 9.13. The SMILES string of the molecule is CC1CCN(c2cc(C3(C)CCOCC3)ccc2CC(=O)c2ncc(C#N)[nH]2)CC1.O=C=O. The third-order valence-corrected chi connectivity index (χ3v) is 6.81. The zero-order chi connectivity index (χ0) is 23.8. The van der Waals surface area contributed by atoms with Gasteiger partial charge in [0.25, 0.3) is 0 Å². The summed E-state index contributed by atoms with van der Waals surface area (Å²) in [6, 6.07) is 8.61. The molecule has 1 N–H and O–H groups in total. The molecule has 2 fully saturated rings. The van der Waals surface area contributed by atoms with Crippen LogP contribution in [0.15, 0.2) is 24.4 Å². The Morgan fingerprint density at radius 1 is 1.27 bits per heavy atom. The lowest BCUT2D eigenvalue weighted by molar-refractivity contribution is -0.191. The van der Waals surface area contributed by atoms with Crippen LogP contribution in [0, 0.1) is 17.2 Å². The monoisotopic (exact) mass is 450 g/mol. The molecule has 0 bridgehead atoms. The van der Waals surface area contributed by atoms with E-state index in [1.165, 1.54) is 30.3 Å². The van der Waals surface area contributed by atoms with Crippen molar-refractivity contribution in [3.8, 4) is 6.07 Å². The number of carbonyl (C=O) groups excluding carboxylic acids is 3. The van der Waals surface area contributed by atoms with Gasteiger partial charge in [0.05, 0.1) is 6.20 Å². The number of anilines is 1. The van der Waals surface area contributed by atoms with Gasteiger partial charge in [-0.3, -0.25) is 4.79 Å². The number of ketones is 1. The first-order valence-electron chi connectivity index (χ1n) is 11.3. The molecule has 174 valence electrons. The highest BCUT2D eigenvalue weighted by atomic mass is 16.5. The average molecular weight is 451 g/mol. The van der Waals surface area contributed by atoms with E-state index in [1.54, 1.807) is 0 Å². The number of aromatic nitrogens is 2. The van der Waals surface area contributed by atoms with E-state index >= 15 is 0 Å². The fraction of sp³-hybridized carbons (Fsp3) is 0.520. The number of imidazole rings is 1. The number of benzene rings is 1. The van der Waals surface area contributed by atoms with E-state index in [-0.39, 0.29) is 29.6 Å². The second-order valence-electron chi connectivity index (χ2n) is 9.13. The molecular formula is C25H30N4O4. The third kappa shape index (κ3) is 5.95. The van der Waals surface area contributed by atoms with Gasteiger partial charge < -0.3 is 14.6 Å². The van der Waals surface area contributed by atoms with E-state index in [0.717, 1.165) is 50.6 Å². The molecule has 2 aliphatic heterocycles. The summed E-state index contributed by atoms with van der Waals surface area (Å²) in [4.78, 5) is 38.4. The highest BCUT2D eigenvalue weighted by Crippen LogP contribution is 2.38. The predicted octanol–water partition coefficient (Wildman–Crippen LogP) is 3.43. The summed E-state index contributed by atoms with van der Waals surface area (Å²) >= 11 is 0.